The number of nitrogens with zero attached hydrogens (tertiary/aromatic N) is 4. The van der Waals surface area contributed by atoms with Gasteiger partial charge < -0.3 is 19.4 Å². The van der Waals surface area contributed by atoms with Crippen molar-refractivity contribution >= 4 is 23.6 Å². The molecule has 3 rings (SSSR count). The predicted molar refractivity (Wildman–Crippen MR) is 104 cm³/mol. The third-order valence-electron chi connectivity index (χ3n) is 4.49. The lowest BCUT2D eigenvalue weighted by molar-refractivity contribution is -0.118. The number of amides is 1. The molecule has 1 aliphatic heterocycles. The summed E-state index contributed by atoms with van der Waals surface area (Å²) < 4.78 is 12.5. The number of piperidine rings is 1. The van der Waals surface area contributed by atoms with E-state index < -0.39 is 0 Å². The topological polar surface area (TPSA) is 85.4 Å². The summed E-state index contributed by atoms with van der Waals surface area (Å²) in [5.41, 5.74) is 0. The van der Waals surface area contributed by atoms with Crippen molar-refractivity contribution in [2.24, 2.45) is 5.92 Å². The van der Waals surface area contributed by atoms with Crippen LogP contribution in [0, 0.1) is 5.92 Å². The van der Waals surface area contributed by atoms with Crippen molar-refractivity contribution in [1.82, 2.24) is 20.1 Å². The van der Waals surface area contributed by atoms with Crippen molar-refractivity contribution in [3.8, 4) is 0 Å². The Hall–Kier alpha value is -2.00. The first-order valence-electron chi connectivity index (χ1n) is 9.26. The molecule has 8 nitrogen and oxygen atoms in total. The lowest BCUT2D eigenvalue weighted by atomic mass is 10.0. The number of furan rings is 1. The highest BCUT2D eigenvalue weighted by atomic mass is 32.2. The molecule has 1 atom stereocenters. The van der Waals surface area contributed by atoms with Crippen molar-refractivity contribution in [3.05, 3.63) is 24.2 Å². The number of carbonyl (C=O) groups excluding carboxylic acids is 1. The molecule has 1 saturated heterocycles. The quantitative estimate of drug-likeness (QED) is 0.515. The molecule has 1 N–H and O–H groups in total. The van der Waals surface area contributed by atoms with E-state index in [2.05, 4.69) is 27.3 Å². The van der Waals surface area contributed by atoms with Gasteiger partial charge in [0.15, 0.2) is 5.16 Å². The second kappa shape index (κ2) is 9.80. The maximum atomic E-state index is 12.0. The summed E-state index contributed by atoms with van der Waals surface area (Å²) in [5.74, 6) is 2.57. The monoisotopic (exact) mass is 393 g/mol. The number of hydrogen-bond acceptors (Lipinski definition) is 7. The number of thioether (sulfide) groups is 1. The minimum Gasteiger partial charge on any atom is -0.467 e. The number of hydrogen-bond donors (Lipinski definition) is 1. The molecule has 27 heavy (non-hydrogen) atoms. The number of carbonyl (C=O) groups is 1. The minimum atomic E-state index is -0.0438. The number of aromatic nitrogens is 3. The Morgan fingerprint density at radius 1 is 1.48 bits per heavy atom. The zero-order chi connectivity index (χ0) is 19.1. The standard InChI is InChI=1S/C18H27N5O3S/c1-14-5-3-8-22(11-14)17-20-21-18(23(17)12-15-6-4-9-26-15)27-13-16(24)19-7-10-25-2/h4,6,9,14H,3,5,7-8,10-13H2,1-2H3,(H,19,24). The van der Waals surface area contributed by atoms with E-state index in [4.69, 9.17) is 9.15 Å². The number of rotatable bonds is 9. The van der Waals surface area contributed by atoms with E-state index in [0.717, 1.165) is 36.4 Å². The highest BCUT2D eigenvalue weighted by Gasteiger charge is 2.24. The summed E-state index contributed by atoms with van der Waals surface area (Å²) in [4.78, 5) is 14.3. The molecule has 1 aliphatic rings. The van der Waals surface area contributed by atoms with E-state index >= 15 is 0 Å². The van der Waals surface area contributed by atoms with Gasteiger partial charge in [-0.2, -0.15) is 0 Å². The summed E-state index contributed by atoms with van der Waals surface area (Å²) in [7, 11) is 1.61. The van der Waals surface area contributed by atoms with Crippen LogP contribution in [-0.2, 0) is 16.1 Å². The van der Waals surface area contributed by atoms with Crippen LogP contribution in [0.2, 0.25) is 0 Å². The fourth-order valence-electron chi connectivity index (χ4n) is 3.16. The fraction of sp³-hybridized carbons (Fsp3) is 0.611. The molecular weight excluding hydrogens is 366 g/mol. The molecule has 1 fully saturated rings. The van der Waals surface area contributed by atoms with Crippen LogP contribution < -0.4 is 10.2 Å². The number of methoxy groups -OCH3 is 1. The maximum Gasteiger partial charge on any atom is 0.230 e. The summed E-state index contributed by atoms with van der Waals surface area (Å²) in [6.07, 6.45) is 4.06. The van der Waals surface area contributed by atoms with Gasteiger partial charge >= 0.3 is 0 Å². The van der Waals surface area contributed by atoms with Crippen LogP contribution in [0.15, 0.2) is 28.0 Å². The van der Waals surface area contributed by atoms with Crippen molar-refractivity contribution < 1.29 is 13.9 Å². The molecule has 148 valence electrons. The third kappa shape index (κ3) is 5.49. The molecular formula is C18H27N5O3S. The Kier molecular flexibility index (Phi) is 7.17. The Balaban J connectivity index is 1.71. The Morgan fingerprint density at radius 3 is 3.11 bits per heavy atom. The van der Waals surface area contributed by atoms with Gasteiger partial charge in [0.25, 0.3) is 0 Å². The van der Waals surface area contributed by atoms with Gasteiger partial charge in [0.2, 0.25) is 11.9 Å². The zero-order valence-corrected chi connectivity index (χ0v) is 16.7. The number of nitrogens with one attached hydrogen (secondary N) is 1. The second-order valence-electron chi connectivity index (χ2n) is 6.77. The average Bonchev–Trinajstić information content (AvgIpc) is 3.31. The first-order valence-corrected chi connectivity index (χ1v) is 10.2. The summed E-state index contributed by atoms with van der Waals surface area (Å²) in [6, 6.07) is 3.81. The average molecular weight is 394 g/mol. The van der Waals surface area contributed by atoms with Crippen LogP contribution >= 0.6 is 11.8 Å². The summed E-state index contributed by atoms with van der Waals surface area (Å²) in [5, 5.41) is 12.3. The van der Waals surface area contributed by atoms with Crippen LogP contribution in [0.4, 0.5) is 5.95 Å². The van der Waals surface area contributed by atoms with Gasteiger partial charge in [-0.3, -0.25) is 9.36 Å². The highest BCUT2D eigenvalue weighted by molar-refractivity contribution is 7.99. The lowest BCUT2D eigenvalue weighted by Gasteiger charge is -2.31. The molecule has 1 unspecified atom stereocenters. The van der Waals surface area contributed by atoms with Gasteiger partial charge in [0.1, 0.15) is 5.76 Å². The number of ether oxygens (including phenoxy) is 1. The Labute approximate surface area is 163 Å². The smallest absolute Gasteiger partial charge is 0.230 e. The van der Waals surface area contributed by atoms with E-state index in [1.165, 1.54) is 18.2 Å². The van der Waals surface area contributed by atoms with E-state index in [1.807, 2.05) is 16.7 Å². The zero-order valence-electron chi connectivity index (χ0n) is 15.9. The molecule has 2 aromatic rings. The minimum absolute atomic E-state index is 0.0438. The molecule has 0 aliphatic carbocycles. The lowest BCUT2D eigenvalue weighted by Crippen LogP contribution is -2.36. The van der Waals surface area contributed by atoms with Gasteiger partial charge in [-0.05, 0) is 30.9 Å². The van der Waals surface area contributed by atoms with Gasteiger partial charge in [0.05, 0.1) is 25.2 Å². The Bertz CT molecular complexity index is 719. The normalized spacial score (nSPS) is 17.3. The fourth-order valence-corrected chi connectivity index (χ4v) is 3.93. The first-order chi connectivity index (χ1) is 13.2. The molecule has 0 saturated carbocycles. The van der Waals surface area contributed by atoms with Gasteiger partial charge in [-0.1, -0.05) is 18.7 Å². The van der Waals surface area contributed by atoms with Gasteiger partial charge in [-0.15, -0.1) is 10.2 Å². The third-order valence-corrected chi connectivity index (χ3v) is 5.46. The van der Waals surface area contributed by atoms with E-state index in [-0.39, 0.29) is 11.7 Å². The predicted octanol–water partition coefficient (Wildman–Crippen LogP) is 2.01. The second-order valence-corrected chi connectivity index (χ2v) is 7.72. The largest absolute Gasteiger partial charge is 0.467 e. The first kappa shape index (κ1) is 19.8. The molecule has 3 heterocycles. The maximum absolute atomic E-state index is 12.0. The SMILES string of the molecule is COCCNC(=O)CSc1nnc(N2CCCC(C)C2)n1Cc1ccco1. The van der Waals surface area contributed by atoms with Crippen molar-refractivity contribution in [3.63, 3.8) is 0 Å². The molecule has 2 aromatic heterocycles. The van der Waals surface area contributed by atoms with Crippen LogP contribution in [0.1, 0.15) is 25.5 Å². The van der Waals surface area contributed by atoms with E-state index in [1.54, 1.807) is 13.4 Å². The van der Waals surface area contributed by atoms with Crippen LogP contribution in [0.5, 0.6) is 0 Å². The summed E-state index contributed by atoms with van der Waals surface area (Å²) >= 11 is 1.39. The summed E-state index contributed by atoms with van der Waals surface area (Å²) in [6.45, 7) is 5.77. The van der Waals surface area contributed by atoms with Crippen LogP contribution in [0.25, 0.3) is 0 Å². The van der Waals surface area contributed by atoms with Crippen molar-refractivity contribution in [2.45, 2.75) is 31.5 Å². The van der Waals surface area contributed by atoms with Gasteiger partial charge in [0, 0.05) is 26.7 Å². The molecule has 0 radical (unpaired) electrons. The van der Waals surface area contributed by atoms with Crippen molar-refractivity contribution in [1.29, 1.82) is 0 Å². The van der Waals surface area contributed by atoms with Crippen LogP contribution in [0.3, 0.4) is 0 Å². The molecule has 0 spiro atoms. The Morgan fingerprint density at radius 2 is 2.37 bits per heavy atom. The highest BCUT2D eigenvalue weighted by Crippen LogP contribution is 2.27. The molecule has 9 heteroatoms. The van der Waals surface area contributed by atoms with E-state index in [9.17, 15) is 4.79 Å². The number of anilines is 1. The molecule has 1 amide bonds. The molecule has 0 aromatic carbocycles. The van der Waals surface area contributed by atoms with E-state index in [0.29, 0.717) is 25.6 Å². The van der Waals surface area contributed by atoms with Crippen molar-refractivity contribution in [2.75, 3.05) is 44.0 Å². The molecule has 0 bridgehead atoms. The van der Waals surface area contributed by atoms with Crippen LogP contribution in [-0.4, -0.2) is 59.8 Å². The van der Waals surface area contributed by atoms with Gasteiger partial charge in [-0.25, -0.2) is 0 Å².